The van der Waals surface area contributed by atoms with E-state index in [1.54, 1.807) is 6.20 Å². The quantitative estimate of drug-likeness (QED) is 0.849. The predicted octanol–water partition coefficient (Wildman–Crippen LogP) is 1.43. The summed E-state index contributed by atoms with van der Waals surface area (Å²) >= 11 is 0. The molecule has 2 rings (SSSR count). The Bertz CT molecular complexity index is 397. The highest BCUT2D eigenvalue weighted by molar-refractivity contribution is 5.68. The summed E-state index contributed by atoms with van der Waals surface area (Å²) in [6.07, 6.45) is 3.62. The second-order valence-corrected chi connectivity index (χ2v) is 5.44. The molecule has 1 aromatic heterocycles. The van der Waals surface area contributed by atoms with Crippen molar-refractivity contribution < 1.29 is 13.9 Å². The standard InChI is InChI=1S/C12H19N3O3/c1-12(2,3)18-11(16)15-10-4-9(10)14-6-8-5-13-7-17-8/h5,7,9-10,14H,4,6H2,1-3H3,(H,15,16). The minimum atomic E-state index is -0.457. The summed E-state index contributed by atoms with van der Waals surface area (Å²) < 4.78 is 10.3. The van der Waals surface area contributed by atoms with Crippen LogP contribution in [0.4, 0.5) is 4.79 Å². The zero-order valence-electron chi connectivity index (χ0n) is 10.9. The summed E-state index contributed by atoms with van der Waals surface area (Å²) in [5.41, 5.74) is -0.457. The molecule has 1 aliphatic carbocycles. The van der Waals surface area contributed by atoms with Gasteiger partial charge in [0.15, 0.2) is 6.39 Å². The number of carbonyl (C=O) groups excluding carboxylic acids is 1. The first kappa shape index (κ1) is 12.9. The van der Waals surface area contributed by atoms with Gasteiger partial charge in [0, 0.05) is 12.1 Å². The van der Waals surface area contributed by atoms with Crippen LogP contribution in [0.15, 0.2) is 17.0 Å². The van der Waals surface area contributed by atoms with E-state index in [0.717, 1.165) is 12.2 Å². The Morgan fingerprint density at radius 1 is 1.56 bits per heavy atom. The normalized spacial score (nSPS) is 22.6. The van der Waals surface area contributed by atoms with Crippen molar-refractivity contribution in [2.24, 2.45) is 0 Å². The summed E-state index contributed by atoms with van der Waals surface area (Å²) in [7, 11) is 0. The first-order chi connectivity index (χ1) is 8.44. The molecule has 0 aliphatic heterocycles. The highest BCUT2D eigenvalue weighted by Gasteiger charge is 2.38. The first-order valence-electron chi connectivity index (χ1n) is 6.04. The van der Waals surface area contributed by atoms with Crippen molar-refractivity contribution in [2.45, 2.75) is 51.4 Å². The van der Waals surface area contributed by atoms with Gasteiger partial charge in [0.25, 0.3) is 0 Å². The van der Waals surface area contributed by atoms with Crippen LogP contribution in [0, 0.1) is 0 Å². The summed E-state index contributed by atoms with van der Waals surface area (Å²) in [6, 6.07) is 0.422. The molecule has 1 aliphatic rings. The molecule has 6 heteroatoms. The van der Waals surface area contributed by atoms with Crippen molar-refractivity contribution in [3.05, 3.63) is 18.4 Å². The zero-order chi connectivity index (χ0) is 13.2. The van der Waals surface area contributed by atoms with Crippen molar-refractivity contribution in [1.29, 1.82) is 0 Å². The zero-order valence-corrected chi connectivity index (χ0v) is 10.9. The topological polar surface area (TPSA) is 76.4 Å². The predicted molar refractivity (Wildman–Crippen MR) is 64.9 cm³/mol. The maximum Gasteiger partial charge on any atom is 0.407 e. The van der Waals surface area contributed by atoms with E-state index in [1.807, 2.05) is 20.8 Å². The number of hydrogen-bond donors (Lipinski definition) is 2. The van der Waals surface area contributed by atoms with Crippen molar-refractivity contribution in [3.63, 3.8) is 0 Å². The number of aromatic nitrogens is 1. The van der Waals surface area contributed by atoms with E-state index >= 15 is 0 Å². The van der Waals surface area contributed by atoms with Gasteiger partial charge in [0.2, 0.25) is 0 Å². The van der Waals surface area contributed by atoms with E-state index < -0.39 is 5.60 Å². The van der Waals surface area contributed by atoms with E-state index in [0.29, 0.717) is 6.54 Å². The second-order valence-electron chi connectivity index (χ2n) is 5.44. The smallest absolute Gasteiger partial charge is 0.407 e. The van der Waals surface area contributed by atoms with Crippen molar-refractivity contribution in [1.82, 2.24) is 15.6 Å². The molecule has 18 heavy (non-hydrogen) atoms. The maximum atomic E-state index is 11.5. The molecule has 0 saturated heterocycles. The minimum absolute atomic E-state index is 0.141. The molecule has 2 unspecified atom stereocenters. The summed E-state index contributed by atoms with van der Waals surface area (Å²) in [6.45, 7) is 6.16. The monoisotopic (exact) mass is 253 g/mol. The van der Waals surface area contributed by atoms with Gasteiger partial charge in [-0.25, -0.2) is 9.78 Å². The molecule has 1 amide bonds. The molecule has 1 aromatic rings. The number of hydrogen-bond acceptors (Lipinski definition) is 5. The molecule has 1 heterocycles. The number of oxazole rings is 1. The lowest BCUT2D eigenvalue weighted by atomic mass is 10.2. The highest BCUT2D eigenvalue weighted by Crippen LogP contribution is 2.22. The number of nitrogens with zero attached hydrogens (tertiary/aromatic N) is 1. The maximum absolute atomic E-state index is 11.5. The molecule has 2 atom stereocenters. The second kappa shape index (κ2) is 4.97. The van der Waals surface area contributed by atoms with Crippen LogP contribution in [-0.4, -0.2) is 28.8 Å². The van der Waals surface area contributed by atoms with Gasteiger partial charge in [-0.3, -0.25) is 0 Å². The van der Waals surface area contributed by atoms with Gasteiger partial charge < -0.3 is 19.8 Å². The third-order valence-electron chi connectivity index (χ3n) is 2.51. The molecule has 0 radical (unpaired) electrons. The van der Waals surface area contributed by atoms with Gasteiger partial charge in [-0.15, -0.1) is 0 Å². The Morgan fingerprint density at radius 3 is 2.94 bits per heavy atom. The number of alkyl carbamates (subject to hydrolysis) is 1. The Kier molecular flexibility index (Phi) is 3.56. The number of rotatable bonds is 4. The van der Waals surface area contributed by atoms with Gasteiger partial charge in [0.05, 0.1) is 12.7 Å². The lowest BCUT2D eigenvalue weighted by molar-refractivity contribution is 0.0522. The fourth-order valence-electron chi connectivity index (χ4n) is 1.60. The van der Waals surface area contributed by atoms with Crippen LogP contribution in [0.1, 0.15) is 33.0 Å². The van der Waals surface area contributed by atoms with E-state index in [9.17, 15) is 4.79 Å². The Balaban J connectivity index is 1.64. The van der Waals surface area contributed by atoms with Crippen molar-refractivity contribution in [3.8, 4) is 0 Å². The van der Waals surface area contributed by atoms with Gasteiger partial charge in [0.1, 0.15) is 11.4 Å². The molecular formula is C12H19N3O3. The number of ether oxygens (including phenoxy) is 1. The Morgan fingerprint density at radius 2 is 2.33 bits per heavy atom. The summed E-state index contributed by atoms with van der Waals surface area (Å²) in [4.78, 5) is 15.3. The lowest BCUT2D eigenvalue weighted by Crippen LogP contribution is -2.36. The van der Waals surface area contributed by atoms with Gasteiger partial charge in [-0.1, -0.05) is 0 Å². The van der Waals surface area contributed by atoms with Crippen LogP contribution in [0.2, 0.25) is 0 Å². The van der Waals surface area contributed by atoms with Gasteiger partial charge >= 0.3 is 6.09 Å². The average molecular weight is 253 g/mol. The highest BCUT2D eigenvalue weighted by atomic mass is 16.6. The Labute approximate surface area is 106 Å². The number of carbonyl (C=O) groups is 1. The van der Waals surface area contributed by atoms with E-state index in [-0.39, 0.29) is 18.2 Å². The van der Waals surface area contributed by atoms with Gasteiger partial charge in [-0.2, -0.15) is 0 Å². The van der Waals surface area contributed by atoms with Crippen LogP contribution in [0.3, 0.4) is 0 Å². The molecule has 0 bridgehead atoms. The van der Waals surface area contributed by atoms with E-state index in [1.165, 1.54) is 6.39 Å². The molecule has 6 nitrogen and oxygen atoms in total. The Hall–Kier alpha value is -1.56. The molecule has 1 saturated carbocycles. The van der Waals surface area contributed by atoms with Crippen molar-refractivity contribution >= 4 is 6.09 Å². The fourth-order valence-corrected chi connectivity index (χ4v) is 1.60. The molecular weight excluding hydrogens is 234 g/mol. The molecule has 0 spiro atoms. The SMILES string of the molecule is CC(C)(C)OC(=O)NC1CC1NCc1cnco1. The molecule has 1 fully saturated rings. The van der Waals surface area contributed by atoms with E-state index in [4.69, 9.17) is 9.15 Å². The third-order valence-corrected chi connectivity index (χ3v) is 2.51. The van der Waals surface area contributed by atoms with Crippen LogP contribution >= 0.6 is 0 Å². The minimum Gasteiger partial charge on any atom is -0.447 e. The van der Waals surface area contributed by atoms with Crippen molar-refractivity contribution in [2.75, 3.05) is 0 Å². The lowest BCUT2D eigenvalue weighted by Gasteiger charge is -2.19. The first-order valence-corrected chi connectivity index (χ1v) is 6.04. The molecule has 100 valence electrons. The molecule has 0 aromatic carbocycles. The van der Waals surface area contributed by atoms with Crippen LogP contribution in [0.5, 0.6) is 0 Å². The van der Waals surface area contributed by atoms with Gasteiger partial charge in [-0.05, 0) is 27.2 Å². The largest absolute Gasteiger partial charge is 0.447 e. The average Bonchev–Trinajstić information content (AvgIpc) is 2.76. The third kappa shape index (κ3) is 4.03. The van der Waals surface area contributed by atoms with Crippen LogP contribution < -0.4 is 10.6 Å². The molecule has 2 N–H and O–H groups in total. The van der Waals surface area contributed by atoms with Crippen LogP contribution in [-0.2, 0) is 11.3 Å². The number of nitrogens with one attached hydrogen (secondary N) is 2. The summed E-state index contributed by atoms with van der Waals surface area (Å²) in [5.74, 6) is 0.790. The summed E-state index contributed by atoms with van der Waals surface area (Å²) in [5, 5.41) is 6.09. The van der Waals surface area contributed by atoms with E-state index in [2.05, 4.69) is 15.6 Å². The van der Waals surface area contributed by atoms with Crippen LogP contribution in [0.25, 0.3) is 0 Å². The fraction of sp³-hybridized carbons (Fsp3) is 0.667. The number of amides is 1.